The molecule has 1 aromatic carbocycles. The first kappa shape index (κ1) is 14.8. The Morgan fingerprint density at radius 2 is 1.65 bits per heavy atom. The molecule has 0 unspecified atom stereocenters. The highest BCUT2D eigenvalue weighted by Crippen LogP contribution is 2.29. The third-order valence-corrected chi connectivity index (χ3v) is 3.63. The highest BCUT2D eigenvalue weighted by Gasteiger charge is 2.30. The first-order valence-corrected chi connectivity index (χ1v) is 6.71. The van der Waals surface area contributed by atoms with Gasteiger partial charge in [-0.3, -0.25) is 4.79 Å². The number of carbonyl (C=O) groups excluding carboxylic acids is 1. The first-order chi connectivity index (χ1) is 9.43. The molecule has 0 aliphatic rings. The van der Waals surface area contributed by atoms with Crippen LogP contribution in [0.1, 0.15) is 19.4 Å². The van der Waals surface area contributed by atoms with Crippen LogP contribution in [0.4, 0.5) is 5.69 Å². The lowest BCUT2D eigenvalue weighted by atomic mass is 9.84. The topological polar surface area (TPSA) is 54.9 Å². The zero-order valence-electron chi connectivity index (χ0n) is 11.0. The highest BCUT2D eigenvalue weighted by molar-refractivity contribution is 6.38. The van der Waals surface area contributed by atoms with Crippen LogP contribution in [-0.2, 0) is 10.2 Å². The SMILES string of the molecule is CC(C)(C(=O)Nc1c(Cl)ncnc1Cl)c1ccccc1. The van der Waals surface area contributed by atoms with E-state index >= 15 is 0 Å². The van der Waals surface area contributed by atoms with Crippen LogP contribution < -0.4 is 5.32 Å². The van der Waals surface area contributed by atoms with Gasteiger partial charge >= 0.3 is 0 Å². The number of halogens is 2. The fourth-order valence-electron chi connectivity index (χ4n) is 1.70. The molecule has 0 aliphatic carbocycles. The van der Waals surface area contributed by atoms with Crippen LogP contribution in [0, 0.1) is 0 Å². The van der Waals surface area contributed by atoms with Crippen molar-refractivity contribution in [2.24, 2.45) is 0 Å². The van der Waals surface area contributed by atoms with Gasteiger partial charge in [-0.2, -0.15) is 0 Å². The molecule has 0 saturated heterocycles. The molecule has 0 aliphatic heterocycles. The molecule has 6 heteroatoms. The number of aromatic nitrogens is 2. The summed E-state index contributed by atoms with van der Waals surface area (Å²) < 4.78 is 0. The van der Waals surface area contributed by atoms with E-state index in [0.29, 0.717) is 0 Å². The second-order valence-electron chi connectivity index (χ2n) is 4.78. The molecule has 1 N–H and O–H groups in total. The minimum absolute atomic E-state index is 0.113. The zero-order chi connectivity index (χ0) is 14.8. The van der Waals surface area contributed by atoms with Gasteiger partial charge in [0.05, 0.1) is 5.41 Å². The summed E-state index contributed by atoms with van der Waals surface area (Å²) in [5.74, 6) is -0.234. The Hall–Kier alpha value is -1.65. The van der Waals surface area contributed by atoms with Gasteiger partial charge in [0.25, 0.3) is 0 Å². The average molecular weight is 310 g/mol. The van der Waals surface area contributed by atoms with Gasteiger partial charge < -0.3 is 5.32 Å². The van der Waals surface area contributed by atoms with Gasteiger partial charge in [-0.15, -0.1) is 0 Å². The summed E-state index contributed by atoms with van der Waals surface area (Å²) in [5, 5.41) is 2.92. The maximum atomic E-state index is 12.5. The molecule has 0 saturated carbocycles. The molecule has 20 heavy (non-hydrogen) atoms. The number of nitrogens with zero attached hydrogens (tertiary/aromatic N) is 2. The number of hydrogen-bond donors (Lipinski definition) is 1. The number of hydrogen-bond acceptors (Lipinski definition) is 3. The molecular formula is C14H13Cl2N3O. The van der Waals surface area contributed by atoms with Crippen LogP contribution in [-0.4, -0.2) is 15.9 Å². The number of nitrogens with one attached hydrogen (secondary N) is 1. The minimum Gasteiger partial charge on any atom is -0.320 e. The van der Waals surface area contributed by atoms with Crippen molar-refractivity contribution in [1.29, 1.82) is 0 Å². The molecule has 0 fully saturated rings. The van der Waals surface area contributed by atoms with Gasteiger partial charge in [0.2, 0.25) is 5.91 Å². The quantitative estimate of drug-likeness (QED) is 0.880. The van der Waals surface area contributed by atoms with Crippen LogP contribution in [0.25, 0.3) is 0 Å². The van der Waals surface area contributed by atoms with E-state index in [1.165, 1.54) is 6.33 Å². The molecule has 2 aromatic rings. The fourth-order valence-corrected chi connectivity index (χ4v) is 2.11. The summed E-state index contributed by atoms with van der Waals surface area (Å²) in [6.07, 6.45) is 1.24. The van der Waals surface area contributed by atoms with Crippen LogP contribution in [0.2, 0.25) is 10.3 Å². The average Bonchev–Trinajstić information content (AvgIpc) is 2.43. The first-order valence-electron chi connectivity index (χ1n) is 5.96. The molecule has 0 bridgehead atoms. The van der Waals surface area contributed by atoms with Crippen molar-refractivity contribution in [3.05, 3.63) is 52.5 Å². The van der Waals surface area contributed by atoms with E-state index in [1.54, 1.807) is 0 Å². The van der Waals surface area contributed by atoms with Crippen LogP contribution >= 0.6 is 23.2 Å². The van der Waals surface area contributed by atoms with Crippen molar-refractivity contribution in [2.75, 3.05) is 5.32 Å². The number of benzene rings is 1. The number of anilines is 1. The van der Waals surface area contributed by atoms with Gasteiger partial charge in [-0.1, -0.05) is 53.5 Å². The Labute approximate surface area is 127 Å². The number of rotatable bonds is 3. The van der Waals surface area contributed by atoms with Crippen molar-refractivity contribution < 1.29 is 4.79 Å². The Kier molecular flexibility index (Phi) is 4.26. The highest BCUT2D eigenvalue weighted by atomic mass is 35.5. The number of carbonyl (C=O) groups is 1. The van der Waals surface area contributed by atoms with Gasteiger partial charge in [0.1, 0.15) is 12.0 Å². The van der Waals surface area contributed by atoms with Crippen LogP contribution in [0.3, 0.4) is 0 Å². The summed E-state index contributed by atoms with van der Waals surface area (Å²) in [7, 11) is 0. The van der Waals surface area contributed by atoms with Gasteiger partial charge in [0.15, 0.2) is 10.3 Å². The summed E-state index contributed by atoms with van der Waals surface area (Å²) in [6, 6.07) is 9.46. The second-order valence-corrected chi connectivity index (χ2v) is 5.49. The standard InChI is InChI=1S/C14H13Cl2N3O/c1-14(2,9-6-4-3-5-7-9)13(20)19-10-11(15)17-8-18-12(10)16/h3-8H,1-2H3,(H,19,20). The van der Waals surface area contributed by atoms with Crippen LogP contribution in [0.15, 0.2) is 36.7 Å². The Morgan fingerprint density at radius 1 is 1.10 bits per heavy atom. The molecule has 0 radical (unpaired) electrons. The lowest BCUT2D eigenvalue weighted by Crippen LogP contribution is -2.35. The summed E-state index contributed by atoms with van der Waals surface area (Å²) >= 11 is 11.8. The molecule has 104 valence electrons. The number of amides is 1. The summed E-state index contributed by atoms with van der Waals surface area (Å²) in [6.45, 7) is 3.65. The van der Waals surface area contributed by atoms with E-state index in [0.717, 1.165) is 5.56 Å². The third-order valence-electron chi connectivity index (χ3n) is 3.06. The monoisotopic (exact) mass is 309 g/mol. The summed E-state index contributed by atoms with van der Waals surface area (Å²) in [5.41, 5.74) is 0.385. The van der Waals surface area contributed by atoms with Crippen LogP contribution in [0.5, 0.6) is 0 Å². The van der Waals surface area contributed by atoms with E-state index in [-0.39, 0.29) is 21.9 Å². The van der Waals surface area contributed by atoms with Crippen molar-refractivity contribution in [2.45, 2.75) is 19.3 Å². The molecule has 0 spiro atoms. The maximum absolute atomic E-state index is 12.5. The zero-order valence-corrected chi connectivity index (χ0v) is 12.5. The van der Waals surface area contributed by atoms with Crippen molar-refractivity contribution >= 4 is 34.8 Å². The van der Waals surface area contributed by atoms with E-state index in [4.69, 9.17) is 23.2 Å². The third kappa shape index (κ3) is 2.92. The van der Waals surface area contributed by atoms with Crippen molar-refractivity contribution in [3.8, 4) is 0 Å². The lowest BCUT2D eigenvalue weighted by Gasteiger charge is -2.24. The smallest absolute Gasteiger partial charge is 0.234 e. The van der Waals surface area contributed by atoms with Gasteiger partial charge in [-0.25, -0.2) is 9.97 Å². The van der Waals surface area contributed by atoms with Gasteiger partial charge in [-0.05, 0) is 19.4 Å². The van der Waals surface area contributed by atoms with E-state index < -0.39 is 5.41 Å². The fraction of sp³-hybridized carbons (Fsp3) is 0.214. The summed E-state index contributed by atoms with van der Waals surface area (Å²) in [4.78, 5) is 20.1. The van der Waals surface area contributed by atoms with E-state index in [1.807, 2.05) is 44.2 Å². The molecular weight excluding hydrogens is 297 g/mol. The normalized spacial score (nSPS) is 11.2. The van der Waals surface area contributed by atoms with Gasteiger partial charge in [0, 0.05) is 0 Å². The van der Waals surface area contributed by atoms with Crippen molar-refractivity contribution in [1.82, 2.24) is 9.97 Å². The lowest BCUT2D eigenvalue weighted by molar-refractivity contribution is -0.120. The Bertz CT molecular complexity index is 609. The molecule has 2 rings (SSSR count). The van der Waals surface area contributed by atoms with E-state index in [2.05, 4.69) is 15.3 Å². The predicted octanol–water partition coefficient (Wildman–Crippen LogP) is 3.70. The Morgan fingerprint density at radius 3 is 2.20 bits per heavy atom. The maximum Gasteiger partial charge on any atom is 0.234 e. The largest absolute Gasteiger partial charge is 0.320 e. The minimum atomic E-state index is -0.732. The molecule has 1 heterocycles. The molecule has 1 aromatic heterocycles. The molecule has 0 atom stereocenters. The Balaban J connectivity index is 2.28. The molecule has 4 nitrogen and oxygen atoms in total. The predicted molar refractivity (Wildman–Crippen MR) is 80.1 cm³/mol. The van der Waals surface area contributed by atoms with E-state index in [9.17, 15) is 4.79 Å². The second kappa shape index (κ2) is 5.77. The van der Waals surface area contributed by atoms with Crippen molar-refractivity contribution in [3.63, 3.8) is 0 Å². The molecule has 1 amide bonds.